The van der Waals surface area contributed by atoms with E-state index in [9.17, 15) is 35.1 Å². The molecule has 1 amide bonds. The lowest BCUT2D eigenvalue weighted by atomic mass is 9.99. The third kappa shape index (κ3) is 3.34. The number of fused-ring (bicyclic) bond motifs is 3. The molecule has 2 aromatic heterocycles. The molecule has 1 fully saturated rings. The number of Topliss-reactive ketones (excluding diaryl/α,β-unsaturated/α-hetero) is 1. The van der Waals surface area contributed by atoms with E-state index in [1.54, 1.807) is 12.1 Å². The smallest absolute Gasteiger partial charge is 0.271 e. The molecule has 12 heteroatoms. The molecule has 1 aromatic carbocycles. The Balaban J connectivity index is 1.87. The SMILES string of the molecule is CC(=O)c1nc(C(N)=O)c(O)c2c1[nH]c1c(OC3OC(CO)C(O)C(O)C3O)cccc12. The number of aromatic nitrogens is 2. The number of hydrogen-bond donors (Lipinski definition) is 7. The molecule has 3 aromatic rings. The molecule has 4 rings (SSSR count). The summed E-state index contributed by atoms with van der Waals surface area (Å²) in [4.78, 5) is 30.7. The second-order valence-corrected chi connectivity index (χ2v) is 7.45. The summed E-state index contributed by atoms with van der Waals surface area (Å²) in [5.41, 5.74) is 5.10. The maximum atomic E-state index is 12.1. The van der Waals surface area contributed by atoms with E-state index in [4.69, 9.17) is 15.2 Å². The number of rotatable bonds is 5. The van der Waals surface area contributed by atoms with Crippen molar-refractivity contribution in [2.24, 2.45) is 5.73 Å². The van der Waals surface area contributed by atoms with E-state index in [2.05, 4.69) is 9.97 Å². The maximum absolute atomic E-state index is 12.1. The van der Waals surface area contributed by atoms with Gasteiger partial charge in [0.2, 0.25) is 6.29 Å². The summed E-state index contributed by atoms with van der Waals surface area (Å²) < 4.78 is 11.1. The van der Waals surface area contributed by atoms with Crippen LogP contribution >= 0.6 is 0 Å². The number of carbonyl (C=O) groups excluding carboxylic acids is 2. The highest BCUT2D eigenvalue weighted by Gasteiger charge is 2.45. The molecule has 12 nitrogen and oxygen atoms in total. The van der Waals surface area contributed by atoms with Crippen molar-refractivity contribution in [3.05, 3.63) is 29.6 Å². The highest BCUT2D eigenvalue weighted by atomic mass is 16.7. The fourth-order valence-corrected chi connectivity index (χ4v) is 3.77. The molecular formula is C20H21N3O9. The van der Waals surface area contributed by atoms with Crippen molar-refractivity contribution in [2.75, 3.05) is 6.61 Å². The number of carbonyl (C=O) groups is 2. The first-order valence-corrected chi connectivity index (χ1v) is 9.61. The van der Waals surface area contributed by atoms with Gasteiger partial charge in [-0.05, 0) is 6.07 Å². The summed E-state index contributed by atoms with van der Waals surface area (Å²) in [5.74, 6) is -1.93. The molecule has 32 heavy (non-hydrogen) atoms. The molecule has 5 unspecified atom stereocenters. The van der Waals surface area contributed by atoms with Gasteiger partial charge in [-0.25, -0.2) is 4.98 Å². The first-order chi connectivity index (χ1) is 15.1. The molecule has 0 saturated carbocycles. The Labute approximate surface area is 179 Å². The number of benzene rings is 1. The first kappa shape index (κ1) is 21.9. The van der Waals surface area contributed by atoms with Crippen LogP contribution < -0.4 is 10.5 Å². The number of ketones is 1. The summed E-state index contributed by atoms with van der Waals surface area (Å²) in [6.07, 6.45) is -7.45. The minimum absolute atomic E-state index is 0.0950. The van der Waals surface area contributed by atoms with Gasteiger partial charge in [0.1, 0.15) is 35.9 Å². The maximum Gasteiger partial charge on any atom is 0.271 e. The summed E-state index contributed by atoms with van der Waals surface area (Å²) in [6, 6.07) is 4.63. The van der Waals surface area contributed by atoms with Gasteiger partial charge >= 0.3 is 0 Å². The van der Waals surface area contributed by atoms with Crippen LogP contribution in [0.25, 0.3) is 21.8 Å². The average Bonchev–Trinajstić information content (AvgIpc) is 3.15. The van der Waals surface area contributed by atoms with Gasteiger partial charge in [0, 0.05) is 12.3 Å². The van der Waals surface area contributed by atoms with E-state index in [-0.39, 0.29) is 27.9 Å². The highest BCUT2D eigenvalue weighted by molar-refractivity contribution is 6.19. The van der Waals surface area contributed by atoms with Crippen LogP contribution in [-0.2, 0) is 4.74 Å². The molecule has 8 N–H and O–H groups in total. The fourth-order valence-electron chi connectivity index (χ4n) is 3.77. The van der Waals surface area contributed by atoms with Crippen LogP contribution in [0.5, 0.6) is 11.5 Å². The monoisotopic (exact) mass is 447 g/mol. The Morgan fingerprint density at radius 3 is 2.50 bits per heavy atom. The highest BCUT2D eigenvalue weighted by Crippen LogP contribution is 2.39. The number of hydrogen-bond acceptors (Lipinski definition) is 10. The van der Waals surface area contributed by atoms with E-state index < -0.39 is 60.4 Å². The molecule has 0 aliphatic carbocycles. The van der Waals surface area contributed by atoms with Gasteiger partial charge in [-0.1, -0.05) is 12.1 Å². The van der Waals surface area contributed by atoms with E-state index in [1.165, 1.54) is 13.0 Å². The molecule has 170 valence electrons. The number of aliphatic hydroxyl groups excluding tert-OH is 4. The number of nitrogens with zero attached hydrogens (tertiary/aromatic N) is 1. The van der Waals surface area contributed by atoms with Crippen LogP contribution in [0.15, 0.2) is 18.2 Å². The third-order valence-corrected chi connectivity index (χ3v) is 5.38. The predicted octanol–water partition coefficient (Wildman–Crippen LogP) is -1.10. The van der Waals surface area contributed by atoms with Gasteiger partial charge < -0.3 is 45.7 Å². The molecule has 5 atom stereocenters. The van der Waals surface area contributed by atoms with E-state index in [0.717, 1.165) is 0 Å². The van der Waals surface area contributed by atoms with Crippen LogP contribution in [0.4, 0.5) is 0 Å². The van der Waals surface area contributed by atoms with Crippen molar-refractivity contribution >= 4 is 33.5 Å². The van der Waals surface area contributed by atoms with Crippen LogP contribution in [0, 0.1) is 0 Å². The number of nitrogens with two attached hydrogens (primary N) is 1. The Kier molecular flexibility index (Phi) is 5.48. The van der Waals surface area contributed by atoms with Gasteiger partial charge in [-0.15, -0.1) is 0 Å². The number of H-pyrrole nitrogens is 1. The minimum Gasteiger partial charge on any atom is -0.505 e. The number of amides is 1. The Morgan fingerprint density at radius 1 is 1.16 bits per heavy atom. The third-order valence-electron chi connectivity index (χ3n) is 5.38. The van der Waals surface area contributed by atoms with Gasteiger partial charge in [0.25, 0.3) is 5.91 Å². The Bertz CT molecular complexity index is 1220. The number of aromatic amines is 1. The lowest BCUT2D eigenvalue weighted by Crippen LogP contribution is -2.60. The molecule has 0 radical (unpaired) electrons. The molecule has 1 aliphatic heterocycles. The number of aliphatic hydroxyl groups is 4. The zero-order valence-electron chi connectivity index (χ0n) is 16.7. The molecule has 3 heterocycles. The summed E-state index contributed by atoms with van der Waals surface area (Å²) >= 11 is 0. The van der Waals surface area contributed by atoms with Crippen LogP contribution in [0.2, 0.25) is 0 Å². The number of para-hydroxylation sites is 1. The van der Waals surface area contributed by atoms with E-state index >= 15 is 0 Å². The van der Waals surface area contributed by atoms with E-state index in [1.807, 2.05) is 0 Å². The topological polar surface area (TPSA) is 208 Å². The normalized spacial score (nSPS) is 25.8. The number of nitrogens with one attached hydrogen (secondary N) is 1. The van der Waals surface area contributed by atoms with Crippen LogP contribution in [0.1, 0.15) is 27.9 Å². The summed E-state index contributed by atoms with van der Waals surface area (Å²) in [5, 5.41) is 50.6. The van der Waals surface area contributed by atoms with Crippen LogP contribution in [0.3, 0.4) is 0 Å². The van der Waals surface area contributed by atoms with Crippen LogP contribution in [-0.4, -0.2) is 84.5 Å². The molecule has 1 saturated heterocycles. The molecule has 0 bridgehead atoms. The predicted molar refractivity (Wildman–Crippen MR) is 108 cm³/mol. The number of ether oxygens (including phenoxy) is 2. The molecule has 1 aliphatic rings. The van der Waals surface area contributed by atoms with Crippen molar-refractivity contribution in [3.63, 3.8) is 0 Å². The lowest BCUT2D eigenvalue weighted by Gasteiger charge is -2.39. The fraction of sp³-hybridized carbons (Fsp3) is 0.350. The first-order valence-electron chi connectivity index (χ1n) is 9.61. The largest absolute Gasteiger partial charge is 0.505 e. The second kappa shape index (κ2) is 8.00. The van der Waals surface area contributed by atoms with Crippen molar-refractivity contribution in [2.45, 2.75) is 37.6 Å². The zero-order valence-corrected chi connectivity index (χ0v) is 16.7. The lowest BCUT2D eigenvalue weighted by molar-refractivity contribution is -0.277. The average molecular weight is 447 g/mol. The van der Waals surface area contributed by atoms with E-state index in [0.29, 0.717) is 5.39 Å². The van der Waals surface area contributed by atoms with Gasteiger partial charge in [-0.3, -0.25) is 9.59 Å². The quantitative estimate of drug-likeness (QED) is 0.235. The zero-order chi connectivity index (χ0) is 23.3. The number of pyridine rings is 1. The number of aromatic hydroxyl groups is 1. The summed E-state index contributed by atoms with van der Waals surface area (Å²) in [7, 11) is 0. The molecular weight excluding hydrogens is 426 g/mol. The molecule has 0 spiro atoms. The minimum atomic E-state index is -1.64. The van der Waals surface area contributed by atoms with Gasteiger partial charge in [0.05, 0.1) is 23.0 Å². The van der Waals surface area contributed by atoms with Crippen molar-refractivity contribution in [1.29, 1.82) is 0 Å². The van der Waals surface area contributed by atoms with Crippen molar-refractivity contribution < 1.29 is 44.6 Å². The van der Waals surface area contributed by atoms with Gasteiger partial charge in [-0.2, -0.15) is 0 Å². The van der Waals surface area contributed by atoms with Gasteiger partial charge in [0.15, 0.2) is 17.2 Å². The van der Waals surface area contributed by atoms with Crippen molar-refractivity contribution in [1.82, 2.24) is 9.97 Å². The number of primary amides is 1. The Hall–Kier alpha value is -3.29. The standard InChI is InChI=1S/C20H21N3O9/c1-6(25)11-13-10(16(27)14(22-11)19(21)30)7-3-2-4-8(12(7)23-13)31-20-18(29)17(28)15(26)9(5-24)32-20/h2-4,9,15,17-18,20,23-24,26-29H,5H2,1H3,(H2,21,30). The Morgan fingerprint density at radius 2 is 1.88 bits per heavy atom. The second-order valence-electron chi connectivity index (χ2n) is 7.45. The summed E-state index contributed by atoms with van der Waals surface area (Å²) in [6.45, 7) is 0.610. The van der Waals surface area contributed by atoms with Crippen molar-refractivity contribution in [3.8, 4) is 11.5 Å².